The molecule has 2 rings (SSSR count). The Bertz CT molecular complexity index is 640. The normalized spacial score (nSPS) is 12.2. The Morgan fingerprint density at radius 2 is 2.00 bits per heavy atom. The molecule has 1 aromatic heterocycles. The van der Waals surface area contributed by atoms with Gasteiger partial charge in [-0.1, -0.05) is 23.9 Å². The number of amides is 1. The van der Waals surface area contributed by atoms with Gasteiger partial charge < -0.3 is 14.6 Å². The molecule has 0 fully saturated rings. The Balaban J connectivity index is 1.88. The highest BCUT2D eigenvalue weighted by atomic mass is 32.2. The molecule has 0 saturated carbocycles. The number of ether oxygens (including phenoxy) is 1. The van der Waals surface area contributed by atoms with E-state index >= 15 is 0 Å². The molecule has 0 bridgehead atoms. The minimum absolute atomic E-state index is 0.0240. The van der Waals surface area contributed by atoms with Crippen molar-refractivity contribution in [3.8, 4) is 5.75 Å². The van der Waals surface area contributed by atoms with Crippen molar-refractivity contribution in [2.24, 2.45) is 0 Å². The van der Waals surface area contributed by atoms with Gasteiger partial charge in [0.1, 0.15) is 12.1 Å². The molecular formula is C16H22N4O2S. The van der Waals surface area contributed by atoms with E-state index in [0.717, 1.165) is 16.5 Å². The highest BCUT2D eigenvalue weighted by Crippen LogP contribution is 2.23. The number of hydrogen-bond acceptors (Lipinski definition) is 5. The van der Waals surface area contributed by atoms with Crippen molar-refractivity contribution < 1.29 is 9.53 Å². The van der Waals surface area contributed by atoms with E-state index in [9.17, 15) is 4.79 Å². The fourth-order valence-electron chi connectivity index (χ4n) is 1.96. The fraction of sp³-hybridized carbons (Fsp3) is 0.438. The third-order valence-electron chi connectivity index (χ3n) is 3.37. The molecule has 0 aliphatic carbocycles. The first-order valence-electron chi connectivity index (χ1n) is 7.48. The van der Waals surface area contributed by atoms with Crippen LogP contribution in [0.15, 0.2) is 35.7 Å². The topological polar surface area (TPSA) is 69.0 Å². The molecule has 2 aromatic rings. The van der Waals surface area contributed by atoms with Gasteiger partial charge in [-0.15, -0.1) is 10.2 Å². The van der Waals surface area contributed by atoms with Crippen LogP contribution in [0.2, 0.25) is 0 Å². The average molecular weight is 334 g/mol. The van der Waals surface area contributed by atoms with Crippen molar-refractivity contribution in [2.45, 2.75) is 43.8 Å². The van der Waals surface area contributed by atoms with E-state index in [1.54, 1.807) is 13.4 Å². The smallest absolute Gasteiger partial charge is 0.233 e. The number of methoxy groups -OCH3 is 1. The van der Waals surface area contributed by atoms with Gasteiger partial charge in [0.25, 0.3) is 0 Å². The first-order valence-corrected chi connectivity index (χ1v) is 8.36. The third-order valence-corrected chi connectivity index (χ3v) is 4.44. The van der Waals surface area contributed by atoms with E-state index < -0.39 is 0 Å². The summed E-state index contributed by atoms with van der Waals surface area (Å²) in [5.41, 5.74) is 1.03. The van der Waals surface area contributed by atoms with Gasteiger partial charge in [-0.25, -0.2) is 0 Å². The van der Waals surface area contributed by atoms with Gasteiger partial charge in [0.05, 0.1) is 12.4 Å². The molecule has 0 aliphatic rings. The Hall–Kier alpha value is -2.02. The fourth-order valence-corrected chi connectivity index (χ4v) is 2.94. The predicted octanol–water partition coefficient (Wildman–Crippen LogP) is 2.66. The zero-order valence-electron chi connectivity index (χ0n) is 13.8. The number of thioether (sulfide) groups is 1. The van der Waals surface area contributed by atoms with Crippen LogP contribution in [-0.2, 0) is 11.3 Å². The second-order valence-corrected chi connectivity index (χ2v) is 6.75. The highest BCUT2D eigenvalue weighted by Gasteiger charge is 2.18. The van der Waals surface area contributed by atoms with Crippen molar-refractivity contribution in [3.63, 3.8) is 0 Å². The number of carbonyl (C=O) groups is 1. The van der Waals surface area contributed by atoms with Crippen LogP contribution in [0.5, 0.6) is 5.75 Å². The van der Waals surface area contributed by atoms with Gasteiger partial charge in [0, 0.05) is 12.6 Å². The lowest BCUT2D eigenvalue weighted by atomic mass is 10.2. The summed E-state index contributed by atoms with van der Waals surface area (Å²) in [6, 6.07) is 7.90. The monoisotopic (exact) mass is 334 g/mol. The maximum atomic E-state index is 12.2. The summed E-state index contributed by atoms with van der Waals surface area (Å²) < 4.78 is 7.07. The van der Waals surface area contributed by atoms with Crippen LogP contribution in [0, 0.1) is 0 Å². The lowest BCUT2D eigenvalue weighted by molar-refractivity contribution is -0.120. The van der Waals surface area contributed by atoms with Crippen LogP contribution >= 0.6 is 11.8 Å². The minimum Gasteiger partial charge on any atom is -0.497 e. The van der Waals surface area contributed by atoms with Crippen LogP contribution in [0.4, 0.5) is 0 Å². The molecule has 1 heterocycles. The first-order chi connectivity index (χ1) is 11.0. The molecule has 0 aliphatic heterocycles. The molecule has 0 radical (unpaired) electrons. The molecular weight excluding hydrogens is 312 g/mol. The van der Waals surface area contributed by atoms with Gasteiger partial charge in [-0.05, 0) is 38.5 Å². The molecule has 1 atom stereocenters. The van der Waals surface area contributed by atoms with E-state index in [1.807, 2.05) is 35.8 Å². The van der Waals surface area contributed by atoms with Crippen molar-refractivity contribution in [2.75, 3.05) is 7.11 Å². The summed E-state index contributed by atoms with van der Waals surface area (Å²) in [6.45, 7) is 6.47. The molecule has 1 N–H and O–H groups in total. The van der Waals surface area contributed by atoms with Crippen LogP contribution in [-0.4, -0.2) is 33.0 Å². The Morgan fingerprint density at radius 1 is 1.30 bits per heavy atom. The van der Waals surface area contributed by atoms with E-state index in [-0.39, 0.29) is 17.2 Å². The number of hydrogen-bond donors (Lipinski definition) is 1. The van der Waals surface area contributed by atoms with Crippen molar-refractivity contribution in [3.05, 3.63) is 36.2 Å². The summed E-state index contributed by atoms with van der Waals surface area (Å²) in [5.74, 6) is 0.779. The van der Waals surface area contributed by atoms with Gasteiger partial charge in [-0.2, -0.15) is 0 Å². The number of rotatable bonds is 7. The predicted molar refractivity (Wildman–Crippen MR) is 90.6 cm³/mol. The van der Waals surface area contributed by atoms with Gasteiger partial charge in [0.15, 0.2) is 5.16 Å². The summed E-state index contributed by atoms with van der Waals surface area (Å²) in [6.07, 6.45) is 1.69. The van der Waals surface area contributed by atoms with Crippen LogP contribution in [0.25, 0.3) is 0 Å². The van der Waals surface area contributed by atoms with Crippen LogP contribution in [0.1, 0.15) is 32.4 Å². The van der Waals surface area contributed by atoms with Crippen LogP contribution < -0.4 is 10.1 Å². The summed E-state index contributed by atoms with van der Waals surface area (Å²) >= 11 is 1.41. The molecule has 0 unspecified atom stereocenters. The largest absolute Gasteiger partial charge is 0.497 e. The summed E-state index contributed by atoms with van der Waals surface area (Å²) in [4.78, 5) is 12.2. The lowest BCUT2D eigenvalue weighted by Crippen LogP contribution is -2.30. The zero-order chi connectivity index (χ0) is 16.8. The second-order valence-electron chi connectivity index (χ2n) is 5.44. The quantitative estimate of drug-likeness (QED) is 0.788. The average Bonchev–Trinajstić information content (AvgIpc) is 3.01. The molecule has 0 spiro atoms. The van der Waals surface area contributed by atoms with Gasteiger partial charge in [0.2, 0.25) is 5.91 Å². The number of aromatic nitrogens is 3. The summed E-state index contributed by atoms with van der Waals surface area (Å²) in [7, 11) is 1.63. The van der Waals surface area contributed by atoms with Gasteiger partial charge >= 0.3 is 0 Å². The molecule has 1 aromatic carbocycles. The number of nitrogens with one attached hydrogen (secondary N) is 1. The Morgan fingerprint density at radius 3 is 2.61 bits per heavy atom. The van der Waals surface area contributed by atoms with Gasteiger partial charge in [-0.3, -0.25) is 4.79 Å². The highest BCUT2D eigenvalue weighted by molar-refractivity contribution is 8.00. The maximum Gasteiger partial charge on any atom is 0.233 e. The Kier molecular flexibility index (Phi) is 6.04. The number of nitrogens with zero attached hydrogens (tertiary/aromatic N) is 3. The maximum absolute atomic E-state index is 12.2. The molecule has 1 amide bonds. The molecule has 7 heteroatoms. The minimum atomic E-state index is -0.241. The van der Waals surface area contributed by atoms with Crippen LogP contribution in [0.3, 0.4) is 0 Å². The lowest BCUT2D eigenvalue weighted by Gasteiger charge is -2.14. The van der Waals surface area contributed by atoms with Crippen molar-refractivity contribution in [1.82, 2.24) is 20.1 Å². The first kappa shape index (κ1) is 17.3. The molecule has 0 saturated heterocycles. The molecule has 23 heavy (non-hydrogen) atoms. The molecule has 6 nitrogen and oxygen atoms in total. The third kappa shape index (κ3) is 4.72. The second kappa shape index (κ2) is 8.01. The van der Waals surface area contributed by atoms with E-state index in [0.29, 0.717) is 6.54 Å². The van der Waals surface area contributed by atoms with E-state index in [2.05, 4.69) is 29.4 Å². The standard InChI is InChI=1S/C16H22N4O2S/c1-11(2)20-10-18-19-16(20)23-12(3)15(21)17-9-13-5-7-14(22-4)8-6-13/h5-8,10-12H,9H2,1-4H3,(H,17,21)/t12-/m1/s1. The zero-order valence-corrected chi connectivity index (χ0v) is 14.6. The molecule has 124 valence electrons. The van der Waals surface area contributed by atoms with E-state index in [1.165, 1.54) is 11.8 Å². The van der Waals surface area contributed by atoms with E-state index in [4.69, 9.17) is 4.74 Å². The SMILES string of the molecule is COc1ccc(CNC(=O)[C@@H](C)Sc2nncn2C(C)C)cc1. The Labute approximate surface area is 140 Å². The summed E-state index contributed by atoms with van der Waals surface area (Å²) in [5, 5.41) is 11.4. The van der Waals surface area contributed by atoms with Crippen molar-refractivity contribution in [1.29, 1.82) is 0 Å². The van der Waals surface area contributed by atoms with Crippen molar-refractivity contribution >= 4 is 17.7 Å². The number of carbonyl (C=O) groups excluding carboxylic acids is 1. The number of benzene rings is 1.